The first-order valence-electron chi connectivity index (χ1n) is 8.64. The van der Waals surface area contributed by atoms with Gasteiger partial charge in [-0.25, -0.2) is 21.8 Å². The van der Waals surface area contributed by atoms with E-state index < -0.39 is 15.8 Å². The molecule has 8 heteroatoms. The molecule has 4 aromatic rings. The smallest absolute Gasteiger partial charge is 0.269 e. The van der Waals surface area contributed by atoms with Crippen LogP contribution in [0.1, 0.15) is 5.56 Å². The number of pyridine rings is 1. The lowest BCUT2D eigenvalue weighted by molar-refractivity contribution is 0.411. The Labute approximate surface area is 172 Å². The highest BCUT2D eigenvalue weighted by Gasteiger charge is 2.25. The predicted octanol–water partition coefficient (Wildman–Crippen LogP) is 5.05. The number of aromatic nitrogens is 2. The van der Waals surface area contributed by atoms with Crippen molar-refractivity contribution in [3.8, 4) is 16.9 Å². The minimum Gasteiger partial charge on any atom is -0.497 e. The molecule has 0 N–H and O–H groups in total. The molecule has 0 atom stereocenters. The monoisotopic (exact) mass is 430 g/mol. The third-order valence-corrected chi connectivity index (χ3v) is 6.63. The van der Waals surface area contributed by atoms with Crippen LogP contribution in [0.15, 0.2) is 65.8 Å². The fraction of sp³-hybridized carbons (Fsp3) is 0.0952. The number of halogens is 2. The van der Waals surface area contributed by atoms with E-state index >= 15 is 0 Å². The van der Waals surface area contributed by atoms with Crippen molar-refractivity contribution in [2.75, 3.05) is 7.11 Å². The highest BCUT2D eigenvalue weighted by atomic mass is 35.5. The van der Waals surface area contributed by atoms with Crippen molar-refractivity contribution < 1.29 is 17.5 Å². The van der Waals surface area contributed by atoms with E-state index in [1.54, 1.807) is 18.2 Å². The van der Waals surface area contributed by atoms with Crippen molar-refractivity contribution in [3.05, 3.63) is 77.3 Å². The molecule has 0 amide bonds. The Morgan fingerprint density at radius 3 is 2.45 bits per heavy atom. The van der Waals surface area contributed by atoms with Crippen LogP contribution in [0.5, 0.6) is 5.75 Å². The van der Waals surface area contributed by atoms with Gasteiger partial charge in [-0.2, -0.15) is 0 Å². The first-order chi connectivity index (χ1) is 13.8. The molecule has 0 fully saturated rings. The van der Waals surface area contributed by atoms with Gasteiger partial charge in [-0.3, -0.25) is 0 Å². The van der Waals surface area contributed by atoms with E-state index in [2.05, 4.69) is 4.98 Å². The van der Waals surface area contributed by atoms with Gasteiger partial charge in [-0.15, -0.1) is 0 Å². The lowest BCUT2D eigenvalue weighted by Gasteiger charge is -2.07. The number of benzene rings is 2. The van der Waals surface area contributed by atoms with E-state index in [9.17, 15) is 12.8 Å². The Bertz CT molecular complexity index is 1330. The SMILES string of the molecule is COc1ccc(-c2cn(S(=O)(=O)c3ccc(C)cc3)c3nccc(Cl)c23)c(F)c1. The Morgan fingerprint density at radius 1 is 1.07 bits per heavy atom. The molecule has 0 unspecified atom stereocenters. The molecule has 4 rings (SSSR count). The van der Waals surface area contributed by atoms with Gasteiger partial charge in [0.2, 0.25) is 0 Å². The van der Waals surface area contributed by atoms with Gasteiger partial charge in [-0.05, 0) is 37.3 Å². The van der Waals surface area contributed by atoms with E-state index in [1.165, 1.54) is 49.8 Å². The number of aryl methyl sites for hydroxylation is 1. The van der Waals surface area contributed by atoms with Crippen LogP contribution in [0.3, 0.4) is 0 Å². The average Bonchev–Trinajstić information content (AvgIpc) is 3.10. The maximum Gasteiger partial charge on any atom is 0.269 e. The number of hydrogen-bond donors (Lipinski definition) is 0. The maximum absolute atomic E-state index is 14.8. The highest BCUT2D eigenvalue weighted by Crippen LogP contribution is 2.38. The zero-order valence-corrected chi connectivity index (χ0v) is 17.1. The number of ether oxygens (including phenoxy) is 1. The van der Waals surface area contributed by atoms with Gasteiger partial charge >= 0.3 is 0 Å². The third-order valence-electron chi connectivity index (χ3n) is 4.65. The summed E-state index contributed by atoms with van der Waals surface area (Å²) < 4.78 is 47.4. The van der Waals surface area contributed by atoms with E-state index in [1.807, 2.05) is 6.92 Å². The molecule has 0 saturated heterocycles. The van der Waals surface area contributed by atoms with Gasteiger partial charge in [0.15, 0.2) is 5.65 Å². The Hall–Kier alpha value is -2.90. The van der Waals surface area contributed by atoms with Crippen LogP contribution in [0.25, 0.3) is 22.2 Å². The van der Waals surface area contributed by atoms with Gasteiger partial charge in [0.1, 0.15) is 11.6 Å². The highest BCUT2D eigenvalue weighted by molar-refractivity contribution is 7.90. The van der Waals surface area contributed by atoms with E-state index in [0.29, 0.717) is 16.7 Å². The number of fused-ring (bicyclic) bond motifs is 1. The van der Waals surface area contributed by atoms with Crippen molar-refractivity contribution in [1.29, 1.82) is 0 Å². The van der Waals surface area contributed by atoms with Gasteiger partial charge in [0.05, 0.1) is 17.0 Å². The van der Waals surface area contributed by atoms with Crippen LogP contribution >= 0.6 is 11.6 Å². The summed E-state index contributed by atoms with van der Waals surface area (Å²) in [5.41, 5.74) is 1.59. The first kappa shape index (κ1) is 19.4. The van der Waals surface area contributed by atoms with Crippen molar-refractivity contribution in [2.24, 2.45) is 0 Å². The molecule has 0 saturated carbocycles. The normalized spacial score (nSPS) is 11.7. The van der Waals surface area contributed by atoms with Crippen LogP contribution in [-0.2, 0) is 10.0 Å². The molecule has 2 aromatic heterocycles. The van der Waals surface area contributed by atoms with Crippen LogP contribution in [0.2, 0.25) is 5.02 Å². The summed E-state index contributed by atoms with van der Waals surface area (Å²) >= 11 is 6.36. The average molecular weight is 431 g/mol. The topological polar surface area (TPSA) is 61.2 Å². The van der Waals surface area contributed by atoms with Crippen LogP contribution in [0, 0.1) is 12.7 Å². The van der Waals surface area contributed by atoms with Gasteiger partial charge in [-0.1, -0.05) is 29.3 Å². The summed E-state index contributed by atoms with van der Waals surface area (Å²) in [6.45, 7) is 1.87. The molecular formula is C21H16ClFN2O3S. The van der Waals surface area contributed by atoms with Gasteiger partial charge in [0.25, 0.3) is 10.0 Å². The fourth-order valence-electron chi connectivity index (χ4n) is 3.14. The van der Waals surface area contributed by atoms with E-state index in [0.717, 1.165) is 9.54 Å². The minimum atomic E-state index is -3.96. The summed E-state index contributed by atoms with van der Waals surface area (Å²) in [6.07, 6.45) is 2.77. The molecule has 0 bridgehead atoms. The first-order valence-corrected chi connectivity index (χ1v) is 10.5. The van der Waals surface area contributed by atoms with Crippen LogP contribution in [0.4, 0.5) is 4.39 Å². The Kier molecular flexibility index (Phi) is 4.80. The second kappa shape index (κ2) is 7.17. The molecule has 0 spiro atoms. The summed E-state index contributed by atoms with van der Waals surface area (Å²) in [5, 5.41) is 0.631. The lowest BCUT2D eigenvalue weighted by Crippen LogP contribution is -2.12. The van der Waals surface area contributed by atoms with Crippen LogP contribution in [-0.4, -0.2) is 24.5 Å². The standard InChI is InChI=1S/C21H16ClFN2O3S/c1-13-3-6-15(7-4-13)29(26,27)25-12-17(20-18(22)9-10-24-21(20)25)16-8-5-14(28-2)11-19(16)23/h3-12H,1-2H3. The summed E-state index contributed by atoms with van der Waals surface area (Å²) in [6, 6.07) is 12.4. The van der Waals surface area contributed by atoms with Crippen molar-refractivity contribution in [1.82, 2.24) is 8.96 Å². The Morgan fingerprint density at radius 2 is 1.79 bits per heavy atom. The van der Waals surface area contributed by atoms with E-state index in [-0.39, 0.29) is 21.1 Å². The Balaban J connectivity index is 2.01. The molecule has 148 valence electrons. The second-order valence-corrected chi connectivity index (χ2v) is 8.72. The minimum absolute atomic E-state index is 0.100. The number of rotatable bonds is 4. The molecule has 0 radical (unpaired) electrons. The number of nitrogens with zero attached hydrogens (tertiary/aromatic N) is 2. The molecule has 29 heavy (non-hydrogen) atoms. The fourth-order valence-corrected chi connectivity index (χ4v) is 4.70. The van der Waals surface area contributed by atoms with E-state index in [4.69, 9.17) is 16.3 Å². The number of methoxy groups -OCH3 is 1. The molecule has 5 nitrogen and oxygen atoms in total. The van der Waals surface area contributed by atoms with Crippen molar-refractivity contribution in [2.45, 2.75) is 11.8 Å². The van der Waals surface area contributed by atoms with Gasteiger partial charge in [0, 0.05) is 35.0 Å². The summed E-state index contributed by atoms with van der Waals surface area (Å²) in [4.78, 5) is 4.31. The molecule has 0 aliphatic heterocycles. The molecule has 0 aliphatic carbocycles. The summed E-state index contributed by atoms with van der Waals surface area (Å²) in [7, 11) is -2.52. The van der Waals surface area contributed by atoms with Gasteiger partial charge < -0.3 is 4.74 Å². The zero-order chi connectivity index (χ0) is 20.8. The van der Waals surface area contributed by atoms with Crippen molar-refractivity contribution >= 4 is 32.7 Å². The number of hydrogen-bond acceptors (Lipinski definition) is 4. The maximum atomic E-state index is 14.8. The largest absolute Gasteiger partial charge is 0.497 e. The second-order valence-electron chi connectivity index (χ2n) is 6.49. The molecule has 2 aromatic carbocycles. The molecule has 0 aliphatic rings. The predicted molar refractivity (Wildman–Crippen MR) is 110 cm³/mol. The molecule has 2 heterocycles. The summed E-state index contributed by atoms with van der Waals surface area (Å²) in [5.74, 6) is -0.206. The van der Waals surface area contributed by atoms with Crippen LogP contribution < -0.4 is 4.74 Å². The molecular weight excluding hydrogens is 415 g/mol. The zero-order valence-electron chi connectivity index (χ0n) is 15.6. The lowest BCUT2D eigenvalue weighted by atomic mass is 10.1. The quantitative estimate of drug-likeness (QED) is 0.454. The van der Waals surface area contributed by atoms with Crippen molar-refractivity contribution in [3.63, 3.8) is 0 Å². The third kappa shape index (κ3) is 3.26.